The molecule has 1 aromatic rings. The van der Waals surface area contributed by atoms with Crippen molar-refractivity contribution in [3.63, 3.8) is 0 Å². The molecule has 1 amide bonds. The highest BCUT2D eigenvalue weighted by atomic mass is 35.5. The molecule has 2 N–H and O–H groups in total. The molecule has 3 saturated heterocycles. The zero-order valence-corrected chi connectivity index (χ0v) is 18.3. The van der Waals surface area contributed by atoms with Gasteiger partial charge in [0, 0.05) is 38.1 Å². The summed E-state index contributed by atoms with van der Waals surface area (Å²) in [6.45, 7) is 4.29. The fourth-order valence-electron chi connectivity index (χ4n) is 5.15. The molecule has 4 nitrogen and oxygen atoms in total. The van der Waals surface area contributed by atoms with E-state index in [2.05, 4.69) is 45.9 Å². The third-order valence-electron chi connectivity index (χ3n) is 6.56. The van der Waals surface area contributed by atoms with Crippen LogP contribution in [-0.4, -0.2) is 49.1 Å². The molecule has 3 heterocycles. The first-order chi connectivity index (χ1) is 12.7. The van der Waals surface area contributed by atoms with Gasteiger partial charge in [0.05, 0.1) is 0 Å². The summed E-state index contributed by atoms with van der Waals surface area (Å²) in [4.78, 5) is 14.9. The van der Waals surface area contributed by atoms with Gasteiger partial charge < -0.3 is 15.5 Å². The van der Waals surface area contributed by atoms with Crippen LogP contribution < -0.4 is 10.6 Å². The van der Waals surface area contributed by atoms with Gasteiger partial charge in [0.15, 0.2) is 0 Å². The highest BCUT2D eigenvalue weighted by molar-refractivity contribution is 5.85. The zero-order valence-electron chi connectivity index (χ0n) is 16.6. The van der Waals surface area contributed by atoms with Crippen LogP contribution in [0.1, 0.15) is 44.1 Å². The molecule has 3 aliphatic rings. The number of carbonyl (C=O) groups is 1. The third-order valence-corrected chi connectivity index (χ3v) is 6.56. The number of carbonyl (C=O) groups excluding carboxylic acids is 1. The predicted octanol–water partition coefficient (Wildman–Crippen LogP) is 3.43. The number of amides is 1. The topological polar surface area (TPSA) is 44.4 Å². The van der Waals surface area contributed by atoms with Crippen molar-refractivity contribution < 1.29 is 4.79 Å². The molecule has 3 fully saturated rings. The van der Waals surface area contributed by atoms with Gasteiger partial charge in [0.1, 0.15) is 0 Å². The molecule has 0 saturated carbocycles. The number of halogens is 2. The van der Waals surface area contributed by atoms with Crippen molar-refractivity contribution in [2.24, 2.45) is 11.8 Å². The summed E-state index contributed by atoms with van der Waals surface area (Å²) in [5.41, 5.74) is 1.42. The van der Waals surface area contributed by atoms with Gasteiger partial charge in [-0.3, -0.25) is 4.79 Å². The Morgan fingerprint density at radius 1 is 1.04 bits per heavy atom. The van der Waals surface area contributed by atoms with E-state index in [0.29, 0.717) is 23.9 Å². The maximum atomic E-state index is 12.3. The minimum Gasteiger partial charge on any atom is -0.356 e. The molecular weight excluding hydrogens is 393 g/mol. The fourth-order valence-corrected chi connectivity index (χ4v) is 5.15. The highest BCUT2D eigenvalue weighted by Crippen LogP contribution is 2.32. The molecule has 0 spiro atoms. The number of nitrogens with zero attached hydrogens (tertiary/aromatic N) is 1. The molecule has 6 heteroatoms. The number of piperidine rings is 1. The van der Waals surface area contributed by atoms with Crippen molar-refractivity contribution in [2.45, 2.75) is 57.0 Å². The lowest BCUT2D eigenvalue weighted by Crippen LogP contribution is -2.40. The van der Waals surface area contributed by atoms with Crippen LogP contribution in [0.2, 0.25) is 0 Å². The van der Waals surface area contributed by atoms with Crippen LogP contribution in [0.3, 0.4) is 0 Å². The SMILES string of the molecule is Cl.Cl.O=C(CC1CC2CCC(C1)N2)NCC1CCN(CCc2ccccc2)C1. The monoisotopic (exact) mass is 427 g/mol. The lowest BCUT2D eigenvalue weighted by atomic mass is 9.89. The summed E-state index contributed by atoms with van der Waals surface area (Å²) in [7, 11) is 0. The average molecular weight is 428 g/mol. The van der Waals surface area contributed by atoms with E-state index < -0.39 is 0 Å². The van der Waals surface area contributed by atoms with Crippen LogP contribution in [0.15, 0.2) is 30.3 Å². The van der Waals surface area contributed by atoms with Crippen molar-refractivity contribution in [3.05, 3.63) is 35.9 Å². The first kappa shape index (κ1) is 23.5. The van der Waals surface area contributed by atoms with E-state index in [1.165, 1.54) is 44.2 Å². The Morgan fingerprint density at radius 3 is 2.46 bits per heavy atom. The second-order valence-corrected chi connectivity index (χ2v) is 8.67. The zero-order chi connectivity index (χ0) is 17.8. The molecular formula is C22H35Cl2N3O. The van der Waals surface area contributed by atoms with E-state index in [9.17, 15) is 4.79 Å². The number of likely N-dealkylation sites (tertiary alicyclic amines) is 1. The van der Waals surface area contributed by atoms with Crippen molar-refractivity contribution in [3.8, 4) is 0 Å². The largest absolute Gasteiger partial charge is 0.356 e. The fraction of sp³-hybridized carbons (Fsp3) is 0.682. The Hall–Kier alpha value is -0.810. The average Bonchev–Trinajstić information content (AvgIpc) is 3.25. The Labute approximate surface area is 182 Å². The van der Waals surface area contributed by atoms with Crippen molar-refractivity contribution in [1.29, 1.82) is 0 Å². The second-order valence-electron chi connectivity index (χ2n) is 8.67. The molecule has 3 unspecified atom stereocenters. The molecule has 0 aromatic heterocycles. The van der Waals surface area contributed by atoms with Gasteiger partial charge >= 0.3 is 0 Å². The Balaban J connectivity index is 0.00000140. The number of benzene rings is 1. The third kappa shape index (κ3) is 6.62. The van der Waals surface area contributed by atoms with Gasteiger partial charge in [-0.25, -0.2) is 0 Å². The smallest absolute Gasteiger partial charge is 0.220 e. The van der Waals surface area contributed by atoms with E-state index in [4.69, 9.17) is 0 Å². The first-order valence-corrected chi connectivity index (χ1v) is 10.5. The number of fused-ring (bicyclic) bond motifs is 2. The van der Waals surface area contributed by atoms with Crippen molar-refractivity contribution >= 4 is 30.7 Å². The summed E-state index contributed by atoms with van der Waals surface area (Å²) in [6.07, 6.45) is 8.08. The first-order valence-electron chi connectivity index (χ1n) is 10.5. The van der Waals surface area contributed by atoms with E-state index in [0.717, 1.165) is 32.5 Å². The number of rotatable bonds is 7. The standard InChI is InChI=1S/C22H33N3O.2ClH/c26-22(14-19-12-20-6-7-21(13-19)24-20)23-15-18-9-11-25(16-18)10-8-17-4-2-1-3-5-17;;/h1-5,18-21,24H,6-16H2,(H,23,26);2*1H. The van der Waals surface area contributed by atoms with Crippen LogP contribution >= 0.6 is 24.8 Å². The molecule has 158 valence electrons. The Morgan fingerprint density at radius 2 is 1.75 bits per heavy atom. The maximum Gasteiger partial charge on any atom is 0.220 e. The Bertz CT molecular complexity index is 589. The van der Waals surface area contributed by atoms with Crippen molar-refractivity contribution in [2.75, 3.05) is 26.2 Å². The molecule has 3 aliphatic heterocycles. The molecule has 0 aliphatic carbocycles. The van der Waals surface area contributed by atoms with Gasteiger partial charge in [-0.15, -0.1) is 24.8 Å². The molecule has 1 aromatic carbocycles. The Kier molecular flexibility index (Phi) is 9.55. The van der Waals surface area contributed by atoms with E-state index in [1.807, 2.05) is 0 Å². The highest BCUT2D eigenvalue weighted by Gasteiger charge is 2.34. The summed E-state index contributed by atoms with van der Waals surface area (Å²) >= 11 is 0. The molecule has 0 radical (unpaired) electrons. The lowest BCUT2D eigenvalue weighted by molar-refractivity contribution is -0.122. The van der Waals surface area contributed by atoms with Crippen LogP contribution in [0.5, 0.6) is 0 Å². The lowest BCUT2D eigenvalue weighted by Gasteiger charge is -2.28. The van der Waals surface area contributed by atoms with Crippen LogP contribution in [0.25, 0.3) is 0 Å². The second kappa shape index (κ2) is 11.4. The molecule has 28 heavy (non-hydrogen) atoms. The number of nitrogens with one attached hydrogen (secondary N) is 2. The summed E-state index contributed by atoms with van der Waals surface area (Å²) in [5, 5.41) is 6.89. The summed E-state index contributed by atoms with van der Waals surface area (Å²) in [5.74, 6) is 1.50. The minimum absolute atomic E-state index is 0. The minimum atomic E-state index is 0. The molecule has 4 rings (SSSR count). The van der Waals surface area contributed by atoms with E-state index >= 15 is 0 Å². The summed E-state index contributed by atoms with van der Waals surface area (Å²) < 4.78 is 0. The summed E-state index contributed by atoms with van der Waals surface area (Å²) in [6, 6.07) is 12.1. The van der Waals surface area contributed by atoms with Gasteiger partial charge in [-0.05, 0) is 62.5 Å². The van der Waals surface area contributed by atoms with Gasteiger partial charge in [0.2, 0.25) is 5.91 Å². The van der Waals surface area contributed by atoms with Gasteiger partial charge in [-0.2, -0.15) is 0 Å². The van der Waals surface area contributed by atoms with E-state index in [-0.39, 0.29) is 30.7 Å². The number of hydrogen-bond acceptors (Lipinski definition) is 3. The normalized spacial score (nSPS) is 29.0. The van der Waals surface area contributed by atoms with Gasteiger partial charge in [0.25, 0.3) is 0 Å². The quantitative estimate of drug-likeness (QED) is 0.700. The molecule has 2 bridgehead atoms. The van der Waals surface area contributed by atoms with Gasteiger partial charge in [-0.1, -0.05) is 30.3 Å². The maximum absolute atomic E-state index is 12.3. The van der Waals surface area contributed by atoms with E-state index in [1.54, 1.807) is 0 Å². The van der Waals surface area contributed by atoms with Crippen LogP contribution in [0.4, 0.5) is 0 Å². The van der Waals surface area contributed by atoms with Crippen molar-refractivity contribution in [1.82, 2.24) is 15.5 Å². The number of hydrogen-bond donors (Lipinski definition) is 2. The van der Waals surface area contributed by atoms with Crippen LogP contribution in [0, 0.1) is 11.8 Å². The predicted molar refractivity (Wildman–Crippen MR) is 119 cm³/mol. The molecule has 3 atom stereocenters. The van der Waals surface area contributed by atoms with Crippen LogP contribution in [-0.2, 0) is 11.2 Å².